The number of ketones is 1. The number of hydrogen-bond acceptors (Lipinski definition) is 3. The van der Waals surface area contributed by atoms with Crippen molar-refractivity contribution < 1.29 is 15.0 Å². The van der Waals surface area contributed by atoms with Crippen molar-refractivity contribution in [3.63, 3.8) is 0 Å². The molecule has 122 valence electrons. The third-order valence-electron chi connectivity index (χ3n) is 7.79. The first-order chi connectivity index (χ1) is 10.5. The van der Waals surface area contributed by atoms with Crippen molar-refractivity contribution in [3.05, 3.63) is 11.6 Å². The first-order valence-corrected chi connectivity index (χ1v) is 9.03. The highest BCUT2D eigenvalue weighted by atomic mass is 16.3. The van der Waals surface area contributed by atoms with Crippen molar-refractivity contribution in [2.75, 3.05) is 6.61 Å². The summed E-state index contributed by atoms with van der Waals surface area (Å²) in [5.74, 6) is 2.04. The second-order valence-electron chi connectivity index (χ2n) is 8.47. The molecule has 4 aliphatic rings. The van der Waals surface area contributed by atoms with Gasteiger partial charge >= 0.3 is 0 Å². The van der Waals surface area contributed by atoms with Crippen LogP contribution >= 0.6 is 0 Å². The summed E-state index contributed by atoms with van der Waals surface area (Å²) >= 11 is 0. The van der Waals surface area contributed by atoms with E-state index in [1.807, 2.05) is 0 Å². The van der Waals surface area contributed by atoms with Crippen molar-refractivity contribution in [2.45, 2.75) is 64.4 Å². The average molecular weight is 304 g/mol. The van der Waals surface area contributed by atoms with E-state index in [9.17, 15) is 15.0 Å². The molecule has 0 radical (unpaired) electrons. The summed E-state index contributed by atoms with van der Waals surface area (Å²) in [5, 5.41) is 20.3. The number of fused-ring (bicyclic) bond motifs is 5. The Labute approximate surface area is 132 Å². The molecule has 1 unspecified atom stereocenters. The van der Waals surface area contributed by atoms with Gasteiger partial charge in [-0.2, -0.15) is 0 Å². The Hall–Kier alpha value is -0.670. The topological polar surface area (TPSA) is 57.5 Å². The van der Waals surface area contributed by atoms with Gasteiger partial charge in [-0.05, 0) is 62.7 Å². The maximum atomic E-state index is 12.4. The highest BCUT2D eigenvalue weighted by Gasteiger charge is 2.59. The molecule has 0 aromatic rings. The van der Waals surface area contributed by atoms with Crippen LogP contribution in [0.15, 0.2) is 11.6 Å². The van der Waals surface area contributed by atoms with Crippen LogP contribution in [0, 0.1) is 28.6 Å². The predicted molar refractivity (Wildman–Crippen MR) is 84.1 cm³/mol. The monoisotopic (exact) mass is 304 g/mol. The molecule has 3 fully saturated rings. The Bertz CT molecular complexity index is 525. The van der Waals surface area contributed by atoms with E-state index in [-0.39, 0.29) is 23.5 Å². The number of rotatable bonds is 1. The molecule has 3 saturated carbocycles. The van der Waals surface area contributed by atoms with Gasteiger partial charge < -0.3 is 10.2 Å². The number of carbonyl (C=O) groups is 1. The normalized spacial score (nSPS) is 50.9. The van der Waals surface area contributed by atoms with Crippen LogP contribution in [0.25, 0.3) is 0 Å². The minimum absolute atomic E-state index is 0.0999. The molecule has 0 heterocycles. The number of allylic oxidation sites excluding steroid dienone is 1. The van der Waals surface area contributed by atoms with E-state index in [0.717, 1.165) is 51.4 Å². The summed E-state index contributed by atoms with van der Waals surface area (Å²) in [7, 11) is 0. The van der Waals surface area contributed by atoms with Crippen LogP contribution in [0.2, 0.25) is 0 Å². The summed E-state index contributed by atoms with van der Waals surface area (Å²) in [4.78, 5) is 12.4. The maximum absolute atomic E-state index is 12.4. The number of aliphatic hydroxyl groups excluding tert-OH is 2. The third kappa shape index (κ3) is 1.78. The van der Waals surface area contributed by atoms with Crippen molar-refractivity contribution in [3.8, 4) is 0 Å². The molecule has 0 spiro atoms. The first kappa shape index (κ1) is 14.9. The molecule has 0 aliphatic heterocycles. The van der Waals surface area contributed by atoms with Crippen LogP contribution in [0.5, 0.6) is 0 Å². The summed E-state index contributed by atoms with van der Waals surface area (Å²) in [5.41, 5.74) is 1.11. The van der Waals surface area contributed by atoms with Gasteiger partial charge in [-0.1, -0.05) is 18.6 Å². The lowest BCUT2D eigenvalue weighted by Gasteiger charge is -2.57. The van der Waals surface area contributed by atoms with Crippen molar-refractivity contribution in [1.29, 1.82) is 0 Å². The van der Waals surface area contributed by atoms with Gasteiger partial charge in [-0.15, -0.1) is 0 Å². The molecule has 3 heteroatoms. The highest BCUT2D eigenvalue weighted by molar-refractivity contribution is 5.87. The zero-order chi connectivity index (χ0) is 15.5. The summed E-state index contributed by atoms with van der Waals surface area (Å²) < 4.78 is 0. The van der Waals surface area contributed by atoms with Gasteiger partial charge in [0.2, 0.25) is 0 Å². The van der Waals surface area contributed by atoms with Gasteiger partial charge in [0.15, 0.2) is 0 Å². The van der Waals surface area contributed by atoms with Gasteiger partial charge in [0.25, 0.3) is 0 Å². The minimum atomic E-state index is -0.232. The van der Waals surface area contributed by atoms with E-state index in [4.69, 9.17) is 0 Å². The Morgan fingerprint density at radius 3 is 2.82 bits per heavy atom. The molecular formula is C19H28O3. The van der Waals surface area contributed by atoms with Gasteiger partial charge in [0, 0.05) is 17.3 Å². The standard InChI is InChI=1S/C19H28O3/c1-18-8-7-16-14(15(18)4-5-17(18)22)3-2-12-10-13(21)6-9-19(12,16)11-20/h2,13-16,20-21H,3-11H2,1H3/t13?,14-,15-,16+,18-,19+/m0/s1. The first-order valence-electron chi connectivity index (χ1n) is 9.03. The largest absolute Gasteiger partial charge is 0.395 e. The lowest BCUT2D eigenvalue weighted by atomic mass is 9.47. The molecule has 4 rings (SSSR count). The van der Waals surface area contributed by atoms with Crippen molar-refractivity contribution >= 4 is 5.78 Å². The van der Waals surface area contributed by atoms with Gasteiger partial charge in [0.05, 0.1) is 12.7 Å². The van der Waals surface area contributed by atoms with Crippen LogP contribution in [0.3, 0.4) is 0 Å². The second-order valence-corrected chi connectivity index (χ2v) is 8.47. The molecular weight excluding hydrogens is 276 g/mol. The van der Waals surface area contributed by atoms with Gasteiger partial charge in [-0.3, -0.25) is 4.79 Å². The molecule has 0 saturated heterocycles. The number of hydrogen-bond donors (Lipinski definition) is 2. The molecule has 0 aromatic heterocycles. The fraction of sp³-hybridized carbons (Fsp3) is 0.842. The Morgan fingerprint density at radius 1 is 1.23 bits per heavy atom. The van der Waals surface area contributed by atoms with E-state index in [2.05, 4.69) is 13.0 Å². The Morgan fingerprint density at radius 2 is 2.05 bits per heavy atom. The quantitative estimate of drug-likeness (QED) is 0.732. The molecule has 22 heavy (non-hydrogen) atoms. The second kappa shape index (κ2) is 4.91. The lowest BCUT2D eigenvalue weighted by molar-refractivity contribution is -0.133. The molecule has 4 aliphatic carbocycles. The molecule has 6 atom stereocenters. The maximum Gasteiger partial charge on any atom is 0.139 e. The van der Waals surface area contributed by atoms with E-state index in [1.165, 1.54) is 5.57 Å². The lowest BCUT2D eigenvalue weighted by Crippen LogP contribution is -2.53. The van der Waals surface area contributed by atoms with Crippen LogP contribution in [-0.4, -0.2) is 28.7 Å². The molecule has 3 nitrogen and oxygen atoms in total. The predicted octanol–water partition coefficient (Wildman–Crippen LogP) is 2.85. The third-order valence-corrected chi connectivity index (χ3v) is 7.79. The summed E-state index contributed by atoms with van der Waals surface area (Å²) in [6.07, 6.45) is 9.45. The summed E-state index contributed by atoms with van der Waals surface area (Å²) in [6, 6.07) is 0. The SMILES string of the molecule is C[C@]12CC[C@@H]3[C@@H](CC=C4CC(O)CC[C@@]43CO)[C@@H]1CCC2=O. The van der Waals surface area contributed by atoms with Gasteiger partial charge in [-0.25, -0.2) is 0 Å². The van der Waals surface area contributed by atoms with Crippen LogP contribution in [0.1, 0.15) is 58.3 Å². The molecule has 2 N–H and O–H groups in total. The fourth-order valence-corrected chi connectivity index (χ4v) is 6.50. The van der Waals surface area contributed by atoms with Crippen molar-refractivity contribution in [2.24, 2.45) is 28.6 Å². The Balaban J connectivity index is 1.72. The minimum Gasteiger partial charge on any atom is -0.395 e. The summed E-state index contributed by atoms with van der Waals surface area (Å²) in [6.45, 7) is 2.41. The van der Waals surface area contributed by atoms with Crippen LogP contribution in [0.4, 0.5) is 0 Å². The molecule has 0 aromatic carbocycles. The zero-order valence-corrected chi connectivity index (χ0v) is 13.6. The van der Waals surface area contributed by atoms with Crippen LogP contribution in [-0.2, 0) is 4.79 Å². The highest BCUT2D eigenvalue weighted by Crippen LogP contribution is 2.63. The smallest absolute Gasteiger partial charge is 0.139 e. The average Bonchev–Trinajstić information content (AvgIpc) is 2.82. The van der Waals surface area contributed by atoms with Crippen LogP contribution < -0.4 is 0 Å². The Kier molecular flexibility index (Phi) is 3.32. The van der Waals surface area contributed by atoms with E-state index in [1.54, 1.807) is 0 Å². The number of Topliss-reactive ketones (excluding diaryl/α,β-unsaturated/α-hetero) is 1. The van der Waals surface area contributed by atoms with E-state index in [0.29, 0.717) is 23.5 Å². The number of carbonyl (C=O) groups excluding carboxylic acids is 1. The zero-order valence-electron chi connectivity index (χ0n) is 13.6. The fourth-order valence-electron chi connectivity index (χ4n) is 6.50. The molecule has 0 bridgehead atoms. The van der Waals surface area contributed by atoms with Crippen molar-refractivity contribution in [1.82, 2.24) is 0 Å². The van der Waals surface area contributed by atoms with Gasteiger partial charge in [0.1, 0.15) is 5.78 Å². The molecule has 0 amide bonds. The van der Waals surface area contributed by atoms with E-state index >= 15 is 0 Å². The van der Waals surface area contributed by atoms with E-state index < -0.39 is 0 Å². The number of aliphatic hydroxyl groups is 2.